The molecule has 0 radical (unpaired) electrons. The number of ether oxygens (including phenoxy) is 5. The molecule has 1 saturated heterocycles. The Hall–Kier alpha value is -2.75. The van der Waals surface area contributed by atoms with Crippen molar-refractivity contribution in [3.63, 3.8) is 0 Å². The molecule has 1 rings (SSSR count). The van der Waals surface area contributed by atoms with Crippen molar-refractivity contribution in [2.45, 2.75) is 188 Å². The first-order valence-corrected chi connectivity index (χ1v) is 23.4. The average Bonchev–Trinajstić information content (AvgIpc) is 3.77. The lowest BCUT2D eigenvalue weighted by Gasteiger charge is -2.25. The van der Waals surface area contributed by atoms with Gasteiger partial charge in [0.05, 0.1) is 18.3 Å². The molecule has 0 spiro atoms. The second-order valence-corrected chi connectivity index (χ2v) is 16.0. The fraction of sp³-hybridized carbons (Fsp3) is 0.776. The zero-order valence-corrected chi connectivity index (χ0v) is 37.6. The van der Waals surface area contributed by atoms with Gasteiger partial charge in [-0.25, -0.2) is 0 Å². The van der Waals surface area contributed by atoms with E-state index in [4.69, 9.17) is 23.7 Å². The van der Waals surface area contributed by atoms with Gasteiger partial charge in [-0.15, -0.1) is 0 Å². The minimum atomic E-state index is -0.592. The van der Waals surface area contributed by atoms with Crippen LogP contribution in [0.4, 0.5) is 0 Å². The van der Waals surface area contributed by atoms with Gasteiger partial charge >= 0.3 is 17.9 Å². The van der Waals surface area contributed by atoms with Crippen LogP contribution in [0.25, 0.3) is 0 Å². The van der Waals surface area contributed by atoms with E-state index in [2.05, 4.69) is 81.6 Å². The largest absolute Gasteiger partial charge is 0.465 e. The van der Waals surface area contributed by atoms with E-state index in [1.165, 1.54) is 25.7 Å². The van der Waals surface area contributed by atoms with Gasteiger partial charge in [-0.1, -0.05) is 108 Å². The topological polar surface area (TPSA) is 109 Å². The summed E-state index contributed by atoms with van der Waals surface area (Å²) in [6.07, 6.45) is 37.6. The third-order valence-electron chi connectivity index (χ3n) is 10.5. The van der Waals surface area contributed by atoms with Crippen molar-refractivity contribution in [3.05, 3.63) is 48.6 Å². The number of esters is 3. The SMILES string of the molecule is CC/C=C\CCCCOC(CCC(=O)OCC(COC(=O)CCCCCCC(C)/C=C\C/C=C\CCCCC)C(C)OC(=O)C1CCNC1)OCCCC/C=C\CC. The van der Waals surface area contributed by atoms with E-state index in [9.17, 15) is 14.4 Å². The number of unbranched alkanes of at least 4 members (excludes halogenated alkanes) is 10. The van der Waals surface area contributed by atoms with Crippen LogP contribution in [-0.2, 0) is 38.1 Å². The molecule has 4 atom stereocenters. The Morgan fingerprint density at radius 2 is 1.26 bits per heavy atom. The Labute approximate surface area is 354 Å². The highest BCUT2D eigenvalue weighted by Crippen LogP contribution is 2.18. The fourth-order valence-corrected chi connectivity index (χ4v) is 6.57. The lowest BCUT2D eigenvalue weighted by atomic mass is 10.0. The molecule has 1 heterocycles. The molecule has 0 aromatic rings. The van der Waals surface area contributed by atoms with Crippen molar-refractivity contribution in [2.75, 3.05) is 39.5 Å². The van der Waals surface area contributed by atoms with Gasteiger partial charge in [-0.2, -0.15) is 0 Å². The van der Waals surface area contributed by atoms with Crippen LogP contribution in [0.15, 0.2) is 48.6 Å². The van der Waals surface area contributed by atoms with Crippen molar-refractivity contribution in [1.29, 1.82) is 0 Å². The van der Waals surface area contributed by atoms with Crippen LogP contribution < -0.4 is 5.32 Å². The Morgan fingerprint density at radius 1 is 0.655 bits per heavy atom. The Morgan fingerprint density at radius 3 is 1.86 bits per heavy atom. The van der Waals surface area contributed by atoms with Gasteiger partial charge < -0.3 is 29.0 Å². The van der Waals surface area contributed by atoms with E-state index in [0.717, 1.165) is 103 Å². The summed E-state index contributed by atoms with van der Waals surface area (Å²) in [6, 6.07) is 0. The zero-order valence-electron chi connectivity index (χ0n) is 37.6. The third-order valence-corrected chi connectivity index (χ3v) is 10.5. The van der Waals surface area contributed by atoms with Gasteiger partial charge in [0, 0.05) is 32.6 Å². The zero-order chi connectivity index (χ0) is 42.3. The summed E-state index contributed by atoms with van der Waals surface area (Å²) >= 11 is 0. The van der Waals surface area contributed by atoms with E-state index >= 15 is 0 Å². The summed E-state index contributed by atoms with van der Waals surface area (Å²) in [6.45, 7) is 13.0. The first-order chi connectivity index (χ1) is 28.3. The van der Waals surface area contributed by atoms with Gasteiger partial charge in [0.15, 0.2) is 6.29 Å². The Kier molecular flexibility index (Phi) is 35.3. The summed E-state index contributed by atoms with van der Waals surface area (Å²) < 4.78 is 29.3. The maximum atomic E-state index is 13.0. The highest BCUT2D eigenvalue weighted by atomic mass is 16.7. The normalized spacial score (nSPS) is 16.3. The first kappa shape index (κ1) is 53.3. The molecule has 1 aliphatic heterocycles. The van der Waals surface area contributed by atoms with Gasteiger partial charge in [-0.05, 0) is 109 Å². The van der Waals surface area contributed by atoms with Crippen molar-refractivity contribution < 1.29 is 38.1 Å². The fourth-order valence-electron chi connectivity index (χ4n) is 6.57. The highest BCUT2D eigenvalue weighted by molar-refractivity contribution is 5.73. The van der Waals surface area contributed by atoms with Gasteiger partial charge in [-0.3, -0.25) is 14.4 Å². The van der Waals surface area contributed by atoms with Gasteiger partial charge in [0.2, 0.25) is 0 Å². The van der Waals surface area contributed by atoms with Crippen molar-refractivity contribution in [3.8, 4) is 0 Å². The van der Waals surface area contributed by atoms with E-state index in [0.29, 0.717) is 38.5 Å². The van der Waals surface area contributed by atoms with Crippen LogP contribution in [0.2, 0.25) is 0 Å². The molecule has 1 fully saturated rings. The molecule has 9 nitrogen and oxygen atoms in total. The van der Waals surface area contributed by atoms with Crippen molar-refractivity contribution in [2.24, 2.45) is 17.8 Å². The number of carbonyl (C=O) groups excluding carboxylic acids is 3. The van der Waals surface area contributed by atoms with E-state index in [1.54, 1.807) is 6.92 Å². The van der Waals surface area contributed by atoms with Gasteiger partial charge in [0.1, 0.15) is 19.3 Å². The molecule has 0 aliphatic carbocycles. The molecular formula is C49H85NO8. The molecule has 9 heteroatoms. The third kappa shape index (κ3) is 31.2. The van der Waals surface area contributed by atoms with Crippen LogP contribution in [0.3, 0.4) is 0 Å². The standard InChI is InChI=1S/C49H85NO8/c1-6-9-12-15-18-19-20-25-30-42(4)31-26-21-22-27-32-46(51)56-40-45(43(5)58-49(53)44-35-36-50-39-44)41-57-47(52)33-34-48(54-37-28-23-16-13-10-7-2)55-38-29-24-17-14-11-8-3/h10-11,13-14,18-19,25,30,42-45,48,50H,6-9,12,15-17,20-24,26-29,31-41H2,1-5H3/b13-10-,14-11-,19-18-,30-25-. The molecule has 58 heavy (non-hydrogen) atoms. The quantitative estimate of drug-likeness (QED) is 0.0214. The van der Waals surface area contributed by atoms with E-state index < -0.39 is 18.3 Å². The monoisotopic (exact) mass is 816 g/mol. The molecule has 0 saturated carbocycles. The summed E-state index contributed by atoms with van der Waals surface area (Å²) in [7, 11) is 0. The predicted octanol–water partition coefficient (Wildman–Crippen LogP) is 11.7. The number of allylic oxidation sites excluding steroid dienone is 8. The molecular weight excluding hydrogens is 731 g/mol. The van der Waals surface area contributed by atoms with Crippen molar-refractivity contribution in [1.82, 2.24) is 5.32 Å². The van der Waals surface area contributed by atoms with E-state index in [-0.39, 0.29) is 43.5 Å². The second-order valence-electron chi connectivity index (χ2n) is 16.0. The van der Waals surface area contributed by atoms with Crippen LogP contribution in [0.1, 0.15) is 176 Å². The van der Waals surface area contributed by atoms with Crippen molar-refractivity contribution >= 4 is 17.9 Å². The lowest BCUT2D eigenvalue weighted by Crippen LogP contribution is -2.35. The van der Waals surface area contributed by atoms with Crippen LogP contribution >= 0.6 is 0 Å². The molecule has 1 N–H and O–H groups in total. The number of carbonyl (C=O) groups is 3. The number of hydrogen-bond acceptors (Lipinski definition) is 9. The van der Waals surface area contributed by atoms with Crippen LogP contribution in [-0.4, -0.2) is 69.8 Å². The molecule has 0 aromatic heterocycles. The molecule has 0 amide bonds. The maximum Gasteiger partial charge on any atom is 0.310 e. The maximum absolute atomic E-state index is 13.0. The minimum absolute atomic E-state index is 0.0109. The van der Waals surface area contributed by atoms with E-state index in [1.807, 2.05) is 0 Å². The summed E-state index contributed by atoms with van der Waals surface area (Å²) in [4.78, 5) is 38.6. The van der Waals surface area contributed by atoms with Crippen LogP contribution in [0.5, 0.6) is 0 Å². The second kappa shape index (κ2) is 38.5. The van der Waals surface area contributed by atoms with Gasteiger partial charge in [0.25, 0.3) is 0 Å². The number of rotatable bonds is 38. The smallest absolute Gasteiger partial charge is 0.310 e. The summed E-state index contributed by atoms with van der Waals surface area (Å²) in [5, 5.41) is 3.20. The molecule has 1 aliphatic rings. The van der Waals surface area contributed by atoms with Crippen LogP contribution in [0, 0.1) is 17.8 Å². The molecule has 0 bridgehead atoms. The highest BCUT2D eigenvalue weighted by Gasteiger charge is 2.30. The first-order valence-electron chi connectivity index (χ1n) is 23.4. The average molecular weight is 816 g/mol. The number of hydrogen-bond donors (Lipinski definition) is 1. The Bertz CT molecular complexity index is 1100. The Balaban J connectivity index is 2.55. The molecule has 0 aromatic carbocycles. The summed E-state index contributed by atoms with van der Waals surface area (Å²) in [5.74, 6) is -1.08. The summed E-state index contributed by atoms with van der Waals surface area (Å²) in [5.41, 5.74) is 0. The lowest BCUT2D eigenvalue weighted by molar-refractivity contribution is -0.165. The molecule has 4 unspecified atom stereocenters. The predicted molar refractivity (Wildman–Crippen MR) is 237 cm³/mol. The minimum Gasteiger partial charge on any atom is -0.465 e. The number of nitrogens with one attached hydrogen (secondary N) is 1. The molecule has 334 valence electrons.